The SMILES string of the molecule is O=S(=O)(Nc1ncc(C#CCO)s1)c1ccc(Cl)cc1. The Kier molecular flexibility index (Phi) is 4.62. The lowest BCUT2D eigenvalue weighted by Crippen LogP contribution is -2.12. The summed E-state index contributed by atoms with van der Waals surface area (Å²) in [4.78, 5) is 4.58. The van der Waals surface area contributed by atoms with Crippen molar-refractivity contribution in [3.8, 4) is 11.8 Å². The Hall–Kier alpha value is -1.59. The molecular formula is C12H9ClN2O3S2. The van der Waals surface area contributed by atoms with Crippen molar-refractivity contribution in [1.29, 1.82) is 0 Å². The predicted molar refractivity (Wildman–Crippen MR) is 78.3 cm³/mol. The van der Waals surface area contributed by atoms with Crippen LogP contribution in [0.3, 0.4) is 0 Å². The van der Waals surface area contributed by atoms with Gasteiger partial charge in [0.15, 0.2) is 5.13 Å². The minimum Gasteiger partial charge on any atom is -0.384 e. The molecule has 20 heavy (non-hydrogen) atoms. The zero-order valence-corrected chi connectivity index (χ0v) is 12.4. The topological polar surface area (TPSA) is 79.3 Å². The van der Waals surface area contributed by atoms with Crippen molar-refractivity contribution in [1.82, 2.24) is 4.98 Å². The fourth-order valence-electron chi connectivity index (χ4n) is 1.29. The Morgan fingerprint density at radius 1 is 1.35 bits per heavy atom. The number of hydrogen-bond donors (Lipinski definition) is 2. The van der Waals surface area contributed by atoms with Crippen LogP contribution in [0.25, 0.3) is 0 Å². The smallest absolute Gasteiger partial charge is 0.263 e. The number of anilines is 1. The van der Waals surface area contributed by atoms with Crippen LogP contribution in [0.4, 0.5) is 5.13 Å². The number of benzene rings is 1. The van der Waals surface area contributed by atoms with Crippen LogP contribution < -0.4 is 4.72 Å². The third kappa shape index (κ3) is 3.71. The molecule has 2 aromatic rings. The molecule has 2 rings (SSSR count). The van der Waals surface area contributed by atoms with Crippen LogP contribution in [0.5, 0.6) is 0 Å². The molecule has 2 N–H and O–H groups in total. The maximum Gasteiger partial charge on any atom is 0.263 e. The highest BCUT2D eigenvalue weighted by atomic mass is 35.5. The summed E-state index contributed by atoms with van der Waals surface area (Å²) >= 11 is 6.80. The first-order valence-electron chi connectivity index (χ1n) is 5.35. The molecule has 1 aromatic heterocycles. The monoisotopic (exact) mass is 328 g/mol. The number of halogens is 1. The number of sulfonamides is 1. The molecule has 0 fully saturated rings. The lowest BCUT2D eigenvalue weighted by atomic mass is 10.4. The molecule has 0 saturated heterocycles. The second-order valence-corrected chi connectivity index (χ2v) is 6.70. The zero-order chi connectivity index (χ0) is 14.6. The first-order valence-corrected chi connectivity index (χ1v) is 8.03. The molecule has 0 radical (unpaired) electrons. The molecule has 0 bridgehead atoms. The Morgan fingerprint density at radius 2 is 2.05 bits per heavy atom. The van der Waals surface area contributed by atoms with Crippen LogP contribution in [-0.2, 0) is 10.0 Å². The zero-order valence-electron chi connectivity index (χ0n) is 10.00. The van der Waals surface area contributed by atoms with E-state index in [1.54, 1.807) is 0 Å². The van der Waals surface area contributed by atoms with Gasteiger partial charge in [-0.05, 0) is 24.3 Å². The quantitative estimate of drug-likeness (QED) is 0.844. The standard InChI is InChI=1S/C12H9ClN2O3S2/c13-9-3-5-11(6-4-9)20(17,18)15-12-14-8-10(19-12)2-1-7-16/h3-6,8,16H,7H2,(H,14,15). The van der Waals surface area contributed by atoms with Gasteiger partial charge in [-0.2, -0.15) is 0 Å². The maximum atomic E-state index is 12.1. The first kappa shape index (κ1) is 14.8. The molecular weight excluding hydrogens is 320 g/mol. The van der Waals surface area contributed by atoms with E-state index in [0.29, 0.717) is 9.90 Å². The van der Waals surface area contributed by atoms with E-state index in [9.17, 15) is 8.42 Å². The van der Waals surface area contributed by atoms with Crippen LogP contribution in [0.1, 0.15) is 4.88 Å². The highest BCUT2D eigenvalue weighted by Gasteiger charge is 2.15. The van der Waals surface area contributed by atoms with E-state index in [2.05, 4.69) is 21.5 Å². The molecule has 1 aromatic carbocycles. The van der Waals surface area contributed by atoms with Gasteiger partial charge in [0.1, 0.15) is 6.61 Å². The van der Waals surface area contributed by atoms with Gasteiger partial charge < -0.3 is 5.11 Å². The molecule has 0 aliphatic heterocycles. The summed E-state index contributed by atoms with van der Waals surface area (Å²) in [5.41, 5.74) is 0. The van der Waals surface area contributed by atoms with E-state index in [0.717, 1.165) is 11.3 Å². The van der Waals surface area contributed by atoms with Gasteiger partial charge >= 0.3 is 0 Å². The van der Waals surface area contributed by atoms with Crippen molar-refractivity contribution < 1.29 is 13.5 Å². The average Bonchev–Trinajstić information content (AvgIpc) is 2.83. The van der Waals surface area contributed by atoms with E-state index in [-0.39, 0.29) is 16.6 Å². The van der Waals surface area contributed by atoms with Crippen molar-refractivity contribution in [2.24, 2.45) is 0 Å². The fraction of sp³-hybridized carbons (Fsp3) is 0.0833. The van der Waals surface area contributed by atoms with E-state index in [4.69, 9.17) is 16.7 Å². The third-order valence-corrected chi connectivity index (χ3v) is 4.71. The summed E-state index contributed by atoms with van der Waals surface area (Å²) in [6.07, 6.45) is 1.44. The number of aliphatic hydroxyl groups excluding tert-OH is 1. The number of rotatable bonds is 3. The van der Waals surface area contributed by atoms with Crippen molar-refractivity contribution in [2.75, 3.05) is 11.3 Å². The number of thiazole rings is 1. The second kappa shape index (κ2) is 6.24. The van der Waals surface area contributed by atoms with Gasteiger partial charge in [-0.15, -0.1) is 0 Å². The molecule has 0 saturated carbocycles. The number of nitrogens with one attached hydrogen (secondary N) is 1. The summed E-state index contributed by atoms with van der Waals surface area (Å²) in [7, 11) is -3.70. The van der Waals surface area contributed by atoms with Crippen LogP contribution in [-0.4, -0.2) is 25.1 Å². The molecule has 0 aliphatic rings. The third-order valence-electron chi connectivity index (χ3n) is 2.14. The highest BCUT2D eigenvalue weighted by molar-refractivity contribution is 7.93. The number of hydrogen-bond acceptors (Lipinski definition) is 5. The molecule has 0 amide bonds. The molecule has 0 spiro atoms. The molecule has 1 heterocycles. The van der Waals surface area contributed by atoms with E-state index in [1.807, 2.05) is 0 Å². The average molecular weight is 329 g/mol. The van der Waals surface area contributed by atoms with E-state index >= 15 is 0 Å². The Balaban J connectivity index is 2.20. The summed E-state index contributed by atoms with van der Waals surface area (Å²) < 4.78 is 26.5. The normalized spacial score (nSPS) is 10.7. The van der Waals surface area contributed by atoms with Gasteiger partial charge in [0, 0.05) is 5.02 Å². The molecule has 0 atom stereocenters. The fourth-order valence-corrected chi connectivity index (χ4v) is 3.35. The summed E-state index contributed by atoms with van der Waals surface area (Å²) in [6.45, 7) is -0.260. The maximum absolute atomic E-state index is 12.1. The largest absolute Gasteiger partial charge is 0.384 e. The van der Waals surface area contributed by atoms with Crippen LogP contribution >= 0.6 is 22.9 Å². The summed E-state index contributed by atoms with van der Waals surface area (Å²) in [5, 5.41) is 9.25. The van der Waals surface area contributed by atoms with Crippen LogP contribution in [0, 0.1) is 11.8 Å². The summed E-state index contributed by atoms with van der Waals surface area (Å²) in [6, 6.07) is 5.81. The first-order chi connectivity index (χ1) is 9.51. The minimum atomic E-state index is -3.70. The van der Waals surface area contributed by atoms with Gasteiger partial charge in [-0.3, -0.25) is 4.72 Å². The number of aromatic nitrogens is 1. The van der Waals surface area contributed by atoms with Gasteiger partial charge in [0.05, 0.1) is 16.0 Å². The van der Waals surface area contributed by atoms with Gasteiger partial charge in [0.25, 0.3) is 10.0 Å². The Labute approximate surface area is 125 Å². The molecule has 8 heteroatoms. The van der Waals surface area contributed by atoms with Crippen molar-refractivity contribution in [3.05, 3.63) is 40.4 Å². The van der Waals surface area contributed by atoms with Crippen molar-refractivity contribution in [3.63, 3.8) is 0 Å². The lowest BCUT2D eigenvalue weighted by Gasteiger charge is -2.04. The number of aliphatic hydroxyl groups is 1. The summed E-state index contributed by atoms with van der Waals surface area (Å²) in [5.74, 6) is 5.11. The minimum absolute atomic E-state index is 0.0973. The van der Waals surface area contributed by atoms with Crippen LogP contribution in [0.2, 0.25) is 5.02 Å². The molecule has 0 unspecified atom stereocenters. The molecule has 0 aliphatic carbocycles. The van der Waals surface area contributed by atoms with E-state index in [1.165, 1.54) is 30.5 Å². The highest BCUT2D eigenvalue weighted by Crippen LogP contribution is 2.22. The lowest BCUT2D eigenvalue weighted by molar-refractivity contribution is 0.350. The van der Waals surface area contributed by atoms with Crippen molar-refractivity contribution >= 4 is 38.1 Å². The van der Waals surface area contributed by atoms with Crippen LogP contribution in [0.15, 0.2) is 35.4 Å². The molecule has 104 valence electrons. The van der Waals surface area contributed by atoms with Gasteiger partial charge in [-0.1, -0.05) is 34.8 Å². The molecule has 5 nitrogen and oxygen atoms in total. The second-order valence-electron chi connectivity index (χ2n) is 3.55. The Morgan fingerprint density at radius 3 is 2.70 bits per heavy atom. The number of nitrogens with zero attached hydrogens (tertiary/aromatic N) is 1. The van der Waals surface area contributed by atoms with Crippen molar-refractivity contribution in [2.45, 2.75) is 4.90 Å². The predicted octanol–water partition coefficient (Wildman–Crippen LogP) is 1.94. The van der Waals surface area contributed by atoms with Gasteiger partial charge in [0.2, 0.25) is 0 Å². The Bertz CT molecular complexity index is 758. The van der Waals surface area contributed by atoms with E-state index < -0.39 is 10.0 Å². The van der Waals surface area contributed by atoms with Gasteiger partial charge in [-0.25, -0.2) is 13.4 Å².